The molecule has 1 heterocycles. The van der Waals surface area contributed by atoms with Crippen LogP contribution in [0, 0.1) is 0 Å². The Kier molecular flexibility index (Phi) is 4.64. The molecule has 0 radical (unpaired) electrons. The first-order chi connectivity index (χ1) is 13.7. The molecule has 0 atom stereocenters. The molecule has 3 aromatic carbocycles. The number of aliphatic imine (C=N–C) groups is 1. The number of phenolic OH excluding ortho intramolecular Hbond substituents is 1. The van der Waals surface area contributed by atoms with Crippen molar-refractivity contribution in [2.45, 2.75) is 0 Å². The first-order valence-electron chi connectivity index (χ1n) is 8.79. The van der Waals surface area contributed by atoms with E-state index in [9.17, 15) is 9.90 Å². The summed E-state index contributed by atoms with van der Waals surface area (Å²) in [6.45, 7) is 0. The quantitative estimate of drug-likeness (QED) is 0.513. The molecule has 0 aliphatic carbocycles. The molecule has 2 N–H and O–H groups in total. The Bertz CT molecular complexity index is 1230. The Morgan fingerprint density at radius 1 is 0.964 bits per heavy atom. The molecule has 0 amide bonds. The number of rotatable bonds is 4. The summed E-state index contributed by atoms with van der Waals surface area (Å²) in [5, 5.41) is 10.9. The molecule has 28 heavy (non-hydrogen) atoms. The Morgan fingerprint density at radius 2 is 1.71 bits per heavy atom. The fourth-order valence-corrected chi connectivity index (χ4v) is 3.10. The van der Waals surface area contributed by atoms with E-state index in [4.69, 9.17) is 4.74 Å². The average molecular weight is 370 g/mol. The number of aromatic amines is 1. The van der Waals surface area contributed by atoms with Gasteiger partial charge in [0.15, 0.2) is 11.5 Å². The standard InChI is InChI=1S/C23H18N2O3/c1-28-19-13-7-10-16(22(19)26)14-24-21-20(15-8-3-2-4-9-15)25-18-12-6-5-11-17(18)23(21)27/h2-14,26H,1H3,(H,25,27). The second-order valence-electron chi connectivity index (χ2n) is 6.25. The summed E-state index contributed by atoms with van der Waals surface area (Å²) >= 11 is 0. The van der Waals surface area contributed by atoms with Gasteiger partial charge in [0, 0.05) is 28.2 Å². The highest BCUT2D eigenvalue weighted by atomic mass is 16.5. The summed E-state index contributed by atoms with van der Waals surface area (Å²) in [4.78, 5) is 20.9. The maximum absolute atomic E-state index is 13.1. The van der Waals surface area contributed by atoms with Crippen molar-refractivity contribution in [2.24, 2.45) is 4.99 Å². The Morgan fingerprint density at radius 3 is 2.50 bits per heavy atom. The van der Waals surface area contributed by atoms with Crippen LogP contribution in [-0.4, -0.2) is 23.4 Å². The zero-order valence-electron chi connectivity index (χ0n) is 15.2. The van der Waals surface area contributed by atoms with Gasteiger partial charge in [0.05, 0.1) is 12.8 Å². The van der Waals surface area contributed by atoms with Gasteiger partial charge in [-0.25, -0.2) is 4.99 Å². The van der Waals surface area contributed by atoms with Crippen LogP contribution in [0.15, 0.2) is 82.6 Å². The van der Waals surface area contributed by atoms with Crippen molar-refractivity contribution in [2.75, 3.05) is 7.11 Å². The van der Waals surface area contributed by atoms with E-state index in [1.54, 1.807) is 24.3 Å². The zero-order chi connectivity index (χ0) is 19.5. The number of aromatic hydroxyl groups is 1. The van der Waals surface area contributed by atoms with Gasteiger partial charge in [-0.3, -0.25) is 4.79 Å². The second-order valence-corrected chi connectivity index (χ2v) is 6.25. The van der Waals surface area contributed by atoms with E-state index in [0.717, 1.165) is 11.1 Å². The van der Waals surface area contributed by atoms with Crippen molar-refractivity contribution in [1.29, 1.82) is 0 Å². The van der Waals surface area contributed by atoms with E-state index in [2.05, 4.69) is 9.98 Å². The number of phenols is 1. The fourth-order valence-electron chi connectivity index (χ4n) is 3.10. The van der Waals surface area contributed by atoms with Crippen molar-refractivity contribution in [3.05, 3.63) is 88.6 Å². The molecule has 0 aliphatic heterocycles. The van der Waals surface area contributed by atoms with E-state index in [-0.39, 0.29) is 16.9 Å². The number of para-hydroxylation sites is 2. The number of ether oxygens (including phenoxy) is 1. The van der Waals surface area contributed by atoms with Gasteiger partial charge in [-0.2, -0.15) is 0 Å². The monoisotopic (exact) mass is 370 g/mol. The molecule has 0 fully saturated rings. The first kappa shape index (κ1) is 17.5. The lowest BCUT2D eigenvalue weighted by Crippen LogP contribution is -2.05. The van der Waals surface area contributed by atoms with Crippen LogP contribution in [0.2, 0.25) is 0 Å². The average Bonchev–Trinajstić information content (AvgIpc) is 2.74. The second kappa shape index (κ2) is 7.40. The summed E-state index contributed by atoms with van der Waals surface area (Å²) in [5.41, 5.74) is 2.80. The number of pyridine rings is 1. The molecule has 1 aromatic heterocycles. The normalized spacial score (nSPS) is 11.2. The predicted molar refractivity (Wildman–Crippen MR) is 112 cm³/mol. The minimum atomic E-state index is -0.174. The van der Waals surface area contributed by atoms with Crippen molar-refractivity contribution in [1.82, 2.24) is 4.98 Å². The van der Waals surface area contributed by atoms with Crippen LogP contribution in [0.25, 0.3) is 22.2 Å². The van der Waals surface area contributed by atoms with Crippen molar-refractivity contribution in [3.8, 4) is 22.8 Å². The maximum atomic E-state index is 13.1. The van der Waals surface area contributed by atoms with Gasteiger partial charge in [-0.1, -0.05) is 48.5 Å². The highest BCUT2D eigenvalue weighted by Crippen LogP contribution is 2.30. The van der Waals surface area contributed by atoms with Gasteiger partial charge in [0.1, 0.15) is 5.69 Å². The molecule has 0 aliphatic rings. The maximum Gasteiger partial charge on any atom is 0.215 e. The Balaban J connectivity index is 1.93. The van der Waals surface area contributed by atoms with E-state index in [1.807, 2.05) is 48.5 Å². The smallest absolute Gasteiger partial charge is 0.215 e. The van der Waals surface area contributed by atoms with Gasteiger partial charge in [0.25, 0.3) is 0 Å². The molecular weight excluding hydrogens is 352 g/mol. The number of hydrogen-bond donors (Lipinski definition) is 2. The summed E-state index contributed by atoms with van der Waals surface area (Å²) < 4.78 is 5.13. The molecule has 0 bridgehead atoms. The third kappa shape index (κ3) is 3.14. The number of fused-ring (bicyclic) bond motifs is 1. The molecule has 5 nitrogen and oxygen atoms in total. The van der Waals surface area contributed by atoms with E-state index in [1.165, 1.54) is 13.3 Å². The van der Waals surface area contributed by atoms with Crippen LogP contribution in [0.4, 0.5) is 5.69 Å². The molecule has 4 rings (SSSR count). The summed E-state index contributed by atoms with van der Waals surface area (Å²) in [7, 11) is 1.48. The number of methoxy groups -OCH3 is 1. The minimum Gasteiger partial charge on any atom is -0.504 e. The molecule has 138 valence electrons. The molecule has 0 unspecified atom stereocenters. The molecule has 4 aromatic rings. The number of nitrogens with zero attached hydrogens (tertiary/aromatic N) is 1. The lowest BCUT2D eigenvalue weighted by atomic mass is 10.1. The summed E-state index contributed by atoms with van der Waals surface area (Å²) in [6.07, 6.45) is 1.48. The van der Waals surface area contributed by atoms with Crippen LogP contribution in [0.3, 0.4) is 0 Å². The van der Waals surface area contributed by atoms with Crippen molar-refractivity contribution in [3.63, 3.8) is 0 Å². The van der Waals surface area contributed by atoms with Crippen LogP contribution in [0.5, 0.6) is 11.5 Å². The zero-order valence-corrected chi connectivity index (χ0v) is 15.2. The number of H-pyrrole nitrogens is 1. The van der Waals surface area contributed by atoms with E-state index >= 15 is 0 Å². The van der Waals surface area contributed by atoms with Gasteiger partial charge in [-0.15, -0.1) is 0 Å². The van der Waals surface area contributed by atoms with Gasteiger partial charge in [0.2, 0.25) is 5.43 Å². The number of benzene rings is 3. The SMILES string of the molecule is COc1cccc(C=Nc2c(-c3ccccc3)[nH]c3ccccc3c2=O)c1O. The molecule has 5 heteroatoms. The van der Waals surface area contributed by atoms with Gasteiger partial charge < -0.3 is 14.8 Å². The number of aromatic nitrogens is 1. The van der Waals surface area contributed by atoms with E-state index in [0.29, 0.717) is 22.4 Å². The topological polar surface area (TPSA) is 74.7 Å². The number of hydrogen-bond acceptors (Lipinski definition) is 4. The molecule has 0 saturated carbocycles. The summed E-state index contributed by atoms with van der Waals surface area (Å²) in [6, 6.07) is 22.0. The largest absolute Gasteiger partial charge is 0.504 e. The van der Waals surface area contributed by atoms with Gasteiger partial charge >= 0.3 is 0 Å². The van der Waals surface area contributed by atoms with E-state index < -0.39 is 0 Å². The van der Waals surface area contributed by atoms with Gasteiger partial charge in [-0.05, 0) is 24.3 Å². The van der Waals surface area contributed by atoms with Crippen LogP contribution < -0.4 is 10.2 Å². The first-order valence-corrected chi connectivity index (χ1v) is 8.79. The van der Waals surface area contributed by atoms with Crippen molar-refractivity contribution >= 4 is 22.8 Å². The lowest BCUT2D eigenvalue weighted by Gasteiger charge is -2.09. The Hall–Kier alpha value is -3.86. The number of nitrogens with one attached hydrogen (secondary N) is 1. The van der Waals surface area contributed by atoms with Crippen LogP contribution >= 0.6 is 0 Å². The lowest BCUT2D eigenvalue weighted by molar-refractivity contribution is 0.373. The third-order valence-corrected chi connectivity index (χ3v) is 4.53. The predicted octanol–water partition coefficient (Wildman–Crippen LogP) is 4.66. The fraction of sp³-hybridized carbons (Fsp3) is 0.0435. The third-order valence-electron chi connectivity index (χ3n) is 4.53. The highest BCUT2D eigenvalue weighted by molar-refractivity contribution is 5.92. The Labute approximate surface area is 161 Å². The molecule has 0 spiro atoms. The van der Waals surface area contributed by atoms with Crippen LogP contribution in [0.1, 0.15) is 5.56 Å². The molecular formula is C23H18N2O3. The minimum absolute atomic E-state index is 0.0211. The van der Waals surface area contributed by atoms with Crippen LogP contribution in [-0.2, 0) is 0 Å². The van der Waals surface area contributed by atoms with Crippen molar-refractivity contribution < 1.29 is 9.84 Å². The molecule has 0 saturated heterocycles. The highest BCUT2D eigenvalue weighted by Gasteiger charge is 2.13. The summed E-state index contributed by atoms with van der Waals surface area (Å²) in [5.74, 6) is 0.326.